The number of isocyanates is 2. The van der Waals surface area contributed by atoms with E-state index in [0.717, 1.165) is 18.1 Å². The second kappa shape index (κ2) is 12.7. The van der Waals surface area contributed by atoms with Crippen molar-refractivity contribution in [1.82, 2.24) is 0 Å². The lowest BCUT2D eigenvalue weighted by atomic mass is 9.72. The first-order valence-electron chi connectivity index (χ1n) is 7.46. The Kier molecular flexibility index (Phi) is 12.9. The topological polar surface area (TPSA) is 81.8 Å². The minimum absolute atomic E-state index is 0.295. The molecule has 22 heavy (non-hydrogen) atoms. The van der Waals surface area contributed by atoms with Crippen molar-refractivity contribution in [3.05, 3.63) is 35.4 Å². The highest BCUT2D eigenvalue weighted by Gasteiger charge is 2.26. The normalized spacial score (nSPS) is 10.8. The molecule has 0 spiro atoms. The van der Waals surface area contributed by atoms with Crippen LogP contribution in [0.5, 0.6) is 0 Å². The largest absolute Gasteiger partial charge is 0.231 e. The van der Waals surface area contributed by atoms with Gasteiger partial charge in [-0.05, 0) is 30.2 Å². The van der Waals surface area contributed by atoms with Crippen molar-refractivity contribution in [1.29, 1.82) is 10.8 Å². The maximum Gasteiger partial charge on any atom is 0.231 e. The summed E-state index contributed by atoms with van der Waals surface area (Å²) >= 11 is 0. The third kappa shape index (κ3) is 9.02. The van der Waals surface area contributed by atoms with Crippen LogP contribution in [-0.4, -0.2) is 12.2 Å². The Labute approximate surface area is 134 Å². The molecule has 1 aromatic rings. The van der Waals surface area contributed by atoms with Gasteiger partial charge in [0, 0.05) is 0 Å². The molecule has 0 bridgehead atoms. The maximum atomic E-state index is 8.35. The summed E-state index contributed by atoms with van der Waals surface area (Å²) in [6, 6.07) is 9.03. The van der Waals surface area contributed by atoms with Crippen molar-refractivity contribution >= 4 is 12.2 Å². The Bertz CT molecular complexity index is 454. The smallest absolute Gasteiger partial charge is 0.222 e. The van der Waals surface area contributed by atoms with E-state index in [1.807, 2.05) is 0 Å². The molecule has 2 N–H and O–H groups in total. The Morgan fingerprint density at radius 3 is 1.86 bits per heavy atom. The quantitative estimate of drug-likeness (QED) is 0.599. The molecule has 0 aliphatic heterocycles. The van der Waals surface area contributed by atoms with E-state index in [1.54, 1.807) is 0 Å². The van der Waals surface area contributed by atoms with Crippen LogP contribution in [0.3, 0.4) is 0 Å². The number of unbranched alkanes of at least 4 members (excludes halogenated alkanes) is 1. The van der Waals surface area contributed by atoms with Crippen molar-refractivity contribution in [3.63, 3.8) is 0 Å². The van der Waals surface area contributed by atoms with E-state index in [2.05, 4.69) is 58.9 Å². The van der Waals surface area contributed by atoms with Crippen LogP contribution in [0.15, 0.2) is 24.3 Å². The molecule has 0 aliphatic carbocycles. The van der Waals surface area contributed by atoms with Gasteiger partial charge in [0.25, 0.3) is 0 Å². The molecule has 1 aromatic carbocycles. The van der Waals surface area contributed by atoms with Crippen molar-refractivity contribution in [2.24, 2.45) is 5.92 Å². The monoisotopic (exact) mass is 304 g/mol. The predicted octanol–water partition coefficient (Wildman–Crippen LogP) is 4.90. The number of hydrogen-bond donors (Lipinski definition) is 2. The summed E-state index contributed by atoms with van der Waals surface area (Å²) in [5.74, 6) is 0.746. The van der Waals surface area contributed by atoms with E-state index in [4.69, 9.17) is 20.4 Å². The van der Waals surface area contributed by atoms with Crippen molar-refractivity contribution in [2.45, 2.75) is 59.3 Å². The van der Waals surface area contributed by atoms with Gasteiger partial charge in [-0.1, -0.05) is 70.4 Å². The lowest BCUT2D eigenvalue weighted by Crippen LogP contribution is -2.26. The van der Waals surface area contributed by atoms with Gasteiger partial charge in [-0.2, -0.15) is 0 Å². The standard InChI is InChI=1S/C16H26.2CHNO/c1-6-7-8-14(3)16(4,5)15-11-9-13(2)10-12-15;2*2-1-3/h9-12,14H,6-8H2,1-5H3;2*2H. The van der Waals surface area contributed by atoms with Crippen LogP contribution in [0.4, 0.5) is 0 Å². The molecule has 0 saturated carbocycles. The minimum Gasteiger partial charge on any atom is -0.222 e. The molecule has 0 heterocycles. The zero-order valence-electron chi connectivity index (χ0n) is 14.3. The molecule has 1 unspecified atom stereocenters. The first-order chi connectivity index (χ1) is 10.3. The van der Waals surface area contributed by atoms with Gasteiger partial charge in [0.1, 0.15) is 0 Å². The average Bonchev–Trinajstić information content (AvgIpc) is 2.46. The zero-order chi connectivity index (χ0) is 17.6. The molecule has 0 amide bonds. The summed E-state index contributed by atoms with van der Waals surface area (Å²) in [6.07, 6.45) is 5.47. The Hall–Kier alpha value is -2.02. The second-order valence-corrected chi connectivity index (χ2v) is 5.84. The van der Waals surface area contributed by atoms with E-state index in [-0.39, 0.29) is 0 Å². The van der Waals surface area contributed by atoms with Crippen LogP contribution < -0.4 is 0 Å². The number of nitrogens with one attached hydrogen (secondary N) is 2. The number of rotatable bonds is 5. The fourth-order valence-electron chi connectivity index (χ4n) is 2.14. The van der Waals surface area contributed by atoms with Gasteiger partial charge < -0.3 is 0 Å². The molecule has 0 radical (unpaired) electrons. The third-order valence-corrected chi connectivity index (χ3v) is 4.02. The number of carbonyl (C=O) groups excluding carboxylic acids is 2. The fourth-order valence-corrected chi connectivity index (χ4v) is 2.14. The molecular formula is C18H28N2O2. The van der Waals surface area contributed by atoms with Crippen molar-refractivity contribution in [3.8, 4) is 0 Å². The zero-order valence-corrected chi connectivity index (χ0v) is 14.3. The van der Waals surface area contributed by atoms with Crippen molar-refractivity contribution in [2.75, 3.05) is 0 Å². The summed E-state index contributed by atoms with van der Waals surface area (Å²) in [6.45, 7) is 11.5. The van der Waals surface area contributed by atoms with Gasteiger partial charge in [0.15, 0.2) is 0 Å². The highest BCUT2D eigenvalue weighted by molar-refractivity contribution is 5.28. The number of benzene rings is 1. The number of aryl methyl sites for hydroxylation is 1. The number of hydrogen-bond acceptors (Lipinski definition) is 4. The lowest BCUT2D eigenvalue weighted by Gasteiger charge is -2.32. The molecule has 1 atom stereocenters. The first-order valence-corrected chi connectivity index (χ1v) is 7.46. The van der Waals surface area contributed by atoms with E-state index in [1.165, 1.54) is 30.4 Å². The van der Waals surface area contributed by atoms with Gasteiger partial charge in [0.05, 0.1) is 0 Å². The van der Waals surface area contributed by atoms with Crippen LogP contribution in [0.1, 0.15) is 58.1 Å². The van der Waals surface area contributed by atoms with Crippen molar-refractivity contribution < 1.29 is 9.59 Å². The minimum atomic E-state index is 0.295. The van der Waals surface area contributed by atoms with Crippen LogP contribution in [0.2, 0.25) is 0 Å². The molecule has 0 aliphatic rings. The fraction of sp³-hybridized carbons (Fsp3) is 0.556. The summed E-state index contributed by atoms with van der Waals surface area (Å²) < 4.78 is 0. The predicted molar refractivity (Wildman–Crippen MR) is 89.7 cm³/mol. The summed E-state index contributed by atoms with van der Waals surface area (Å²) in [7, 11) is 0. The van der Waals surface area contributed by atoms with E-state index >= 15 is 0 Å². The summed E-state index contributed by atoms with van der Waals surface area (Å²) in [5.41, 5.74) is 3.12. The summed E-state index contributed by atoms with van der Waals surface area (Å²) in [5, 5.41) is 10.8. The molecule has 0 aromatic heterocycles. The van der Waals surface area contributed by atoms with E-state index in [0.29, 0.717) is 5.41 Å². The van der Waals surface area contributed by atoms with E-state index in [9.17, 15) is 0 Å². The van der Waals surface area contributed by atoms with Gasteiger partial charge in [-0.3, -0.25) is 0 Å². The molecule has 0 fully saturated rings. The molecule has 0 saturated heterocycles. The molecule has 1 rings (SSSR count). The lowest BCUT2D eigenvalue weighted by molar-refractivity contribution is 0.316. The molecule has 4 nitrogen and oxygen atoms in total. The van der Waals surface area contributed by atoms with Crippen LogP contribution in [0.25, 0.3) is 0 Å². The van der Waals surface area contributed by atoms with Gasteiger partial charge in [-0.15, -0.1) is 0 Å². The third-order valence-electron chi connectivity index (χ3n) is 4.02. The van der Waals surface area contributed by atoms with Gasteiger partial charge in [0.2, 0.25) is 12.2 Å². The summed E-state index contributed by atoms with van der Waals surface area (Å²) in [4.78, 5) is 16.7. The Balaban J connectivity index is 0. The molecule has 4 heteroatoms. The Morgan fingerprint density at radius 1 is 1.09 bits per heavy atom. The van der Waals surface area contributed by atoms with Crippen LogP contribution in [0, 0.1) is 23.7 Å². The van der Waals surface area contributed by atoms with E-state index < -0.39 is 0 Å². The highest BCUT2D eigenvalue weighted by atomic mass is 16.1. The molecule has 122 valence electrons. The second-order valence-electron chi connectivity index (χ2n) is 5.84. The molecular weight excluding hydrogens is 276 g/mol. The Morgan fingerprint density at radius 2 is 1.50 bits per heavy atom. The van der Waals surface area contributed by atoms with Gasteiger partial charge >= 0.3 is 0 Å². The van der Waals surface area contributed by atoms with Crippen LogP contribution in [-0.2, 0) is 15.0 Å². The average molecular weight is 304 g/mol. The first kappa shape index (κ1) is 22.3. The van der Waals surface area contributed by atoms with Crippen LogP contribution >= 0.6 is 0 Å². The maximum absolute atomic E-state index is 8.35. The highest BCUT2D eigenvalue weighted by Crippen LogP contribution is 2.34. The van der Waals surface area contributed by atoms with Gasteiger partial charge in [-0.25, -0.2) is 20.4 Å². The SMILES string of the molecule is CCCCC(C)C(C)(C)c1ccc(C)cc1.N=C=O.N=C=O.